The standard InChI is InChI=1S/C21H25ClN4O2/c1-26-8-7-17(25-19(12-27)13-3-4-13)15-9-14(5-6-20(15)26)24-18-10-21(28-2)23-11-16(18)22/h5-7,9-11,13,19,25,27H,3-4,8,12H2,1-2H3,(H,23,24)/t19-/m1/s1. The van der Waals surface area contributed by atoms with Crippen LogP contribution in [0.25, 0.3) is 5.70 Å². The van der Waals surface area contributed by atoms with Crippen molar-refractivity contribution in [1.82, 2.24) is 10.3 Å². The third kappa shape index (κ3) is 3.88. The fraction of sp³-hybridized carbons (Fsp3) is 0.381. The molecule has 1 aromatic heterocycles. The topological polar surface area (TPSA) is 69.7 Å². The zero-order chi connectivity index (χ0) is 19.7. The molecule has 0 spiro atoms. The Morgan fingerprint density at radius 3 is 2.89 bits per heavy atom. The molecule has 1 aliphatic carbocycles. The fourth-order valence-electron chi connectivity index (χ4n) is 3.53. The van der Waals surface area contributed by atoms with Crippen LogP contribution in [-0.2, 0) is 0 Å². The van der Waals surface area contributed by atoms with Gasteiger partial charge < -0.3 is 25.4 Å². The number of aliphatic hydroxyl groups excluding tert-OH is 1. The first-order chi connectivity index (χ1) is 13.6. The second-order valence-electron chi connectivity index (χ2n) is 7.33. The lowest BCUT2D eigenvalue weighted by atomic mass is 10.0. The Kier molecular flexibility index (Phi) is 5.33. The SMILES string of the molecule is COc1cc(Nc2ccc3c(c2)C(N[C@H](CO)C2CC2)=CCN3C)c(Cl)cn1. The molecule has 0 radical (unpaired) electrons. The largest absolute Gasteiger partial charge is 0.481 e. The van der Waals surface area contributed by atoms with Crippen molar-refractivity contribution >= 4 is 34.4 Å². The normalized spacial score (nSPS) is 16.9. The van der Waals surface area contributed by atoms with E-state index in [4.69, 9.17) is 16.3 Å². The number of methoxy groups -OCH3 is 1. The number of nitrogens with one attached hydrogen (secondary N) is 2. The Labute approximate surface area is 170 Å². The minimum Gasteiger partial charge on any atom is -0.481 e. The summed E-state index contributed by atoms with van der Waals surface area (Å²) in [6.45, 7) is 0.982. The molecule has 1 aromatic carbocycles. The Bertz CT molecular complexity index is 898. The van der Waals surface area contributed by atoms with E-state index in [2.05, 4.69) is 45.8 Å². The van der Waals surface area contributed by atoms with E-state index in [0.717, 1.165) is 34.9 Å². The molecule has 0 amide bonds. The quantitative estimate of drug-likeness (QED) is 0.659. The van der Waals surface area contributed by atoms with Crippen LogP contribution < -0.4 is 20.3 Å². The molecule has 28 heavy (non-hydrogen) atoms. The number of halogens is 1. The van der Waals surface area contributed by atoms with Gasteiger partial charge in [-0.15, -0.1) is 0 Å². The maximum atomic E-state index is 9.75. The first-order valence-corrected chi connectivity index (χ1v) is 9.86. The molecule has 6 nitrogen and oxygen atoms in total. The van der Waals surface area contributed by atoms with Crippen LogP contribution in [0.15, 0.2) is 36.5 Å². The molecule has 7 heteroatoms. The molecule has 1 saturated carbocycles. The minimum atomic E-state index is 0.109. The highest BCUT2D eigenvalue weighted by Gasteiger charge is 2.32. The van der Waals surface area contributed by atoms with Crippen molar-refractivity contribution in [3.63, 3.8) is 0 Å². The summed E-state index contributed by atoms with van der Waals surface area (Å²) in [5.74, 6) is 1.07. The summed E-state index contributed by atoms with van der Waals surface area (Å²) < 4.78 is 5.19. The van der Waals surface area contributed by atoms with Crippen molar-refractivity contribution < 1.29 is 9.84 Å². The van der Waals surface area contributed by atoms with Gasteiger partial charge in [0.05, 0.1) is 36.7 Å². The van der Waals surface area contributed by atoms with Gasteiger partial charge in [-0.1, -0.05) is 11.6 Å². The molecule has 3 N–H and O–H groups in total. The summed E-state index contributed by atoms with van der Waals surface area (Å²) in [7, 11) is 3.66. The molecule has 2 heterocycles. The van der Waals surface area contributed by atoms with Crippen molar-refractivity contribution in [3.8, 4) is 5.88 Å². The third-order valence-corrected chi connectivity index (χ3v) is 5.62. The van der Waals surface area contributed by atoms with Crippen molar-refractivity contribution in [3.05, 3.63) is 47.1 Å². The summed E-state index contributed by atoms with van der Waals surface area (Å²) in [4.78, 5) is 6.32. The number of likely N-dealkylation sites (N-methyl/N-ethyl adjacent to an activating group) is 1. The molecule has 2 aromatic rings. The highest BCUT2D eigenvalue weighted by atomic mass is 35.5. The number of anilines is 3. The Morgan fingerprint density at radius 2 is 2.18 bits per heavy atom. The van der Waals surface area contributed by atoms with E-state index in [9.17, 15) is 5.11 Å². The molecule has 1 aliphatic heterocycles. The van der Waals surface area contributed by atoms with Crippen LogP contribution in [0, 0.1) is 5.92 Å². The van der Waals surface area contributed by atoms with Gasteiger partial charge in [0.2, 0.25) is 5.88 Å². The van der Waals surface area contributed by atoms with Crippen LogP contribution in [0.4, 0.5) is 17.1 Å². The summed E-state index contributed by atoms with van der Waals surface area (Å²) in [5, 5.41) is 17.2. The van der Waals surface area contributed by atoms with Gasteiger partial charge in [-0.3, -0.25) is 0 Å². The van der Waals surface area contributed by atoms with Crippen LogP contribution in [-0.4, -0.2) is 43.4 Å². The summed E-state index contributed by atoms with van der Waals surface area (Å²) in [6.07, 6.45) is 6.12. The van der Waals surface area contributed by atoms with E-state index >= 15 is 0 Å². The van der Waals surface area contributed by atoms with Gasteiger partial charge in [0.15, 0.2) is 0 Å². The van der Waals surface area contributed by atoms with E-state index in [-0.39, 0.29) is 12.6 Å². The van der Waals surface area contributed by atoms with Crippen molar-refractivity contribution in [2.75, 3.05) is 37.5 Å². The van der Waals surface area contributed by atoms with Crippen LogP contribution in [0.1, 0.15) is 18.4 Å². The Morgan fingerprint density at radius 1 is 1.36 bits per heavy atom. The average molecular weight is 401 g/mol. The molecule has 1 atom stereocenters. The van der Waals surface area contributed by atoms with Gasteiger partial charge in [0.1, 0.15) is 0 Å². The highest BCUT2D eigenvalue weighted by Crippen LogP contribution is 2.37. The van der Waals surface area contributed by atoms with Crippen molar-refractivity contribution in [2.45, 2.75) is 18.9 Å². The van der Waals surface area contributed by atoms with Gasteiger partial charge in [-0.05, 0) is 43.0 Å². The van der Waals surface area contributed by atoms with Crippen LogP contribution in [0.3, 0.4) is 0 Å². The van der Waals surface area contributed by atoms with Crippen LogP contribution >= 0.6 is 11.6 Å². The smallest absolute Gasteiger partial charge is 0.215 e. The number of benzene rings is 1. The zero-order valence-corrected chi connectivity index (χ0v) is 16.8. The maximum Gasteiger partial charge on any atom is 0.215 e. The lowest BCUT2D eigenvalue weighted by molar-refractivity contribution is 0.241. The lowest BCUT2D eigenvalue weighted by Crippen LogP contribution is -2.35. The molecule has 1 fully saturated rings. The molecular weight excluding hydrogens is 376 g/mol. The van der Waals surface area contributed by atoms with Crippen LogP contribution in [0.2, 0.25) is 5.02 Å². The molecule has 2 aliphatic rings. The van der Waals surface area contributed by atoms with Gasteiger partial charge in [-0.2, -0.15) is 0 Å². The lowest BCUT2D eigenvalue weighted by Gasteiger charge is -2.30. The minimum absolute atomic E-state index is 0.109. The number of hydrogen-bond acceptors (Lipinski definition) is 6. The van der Waals surface area contributed by atoms with E-state index in [1.807, 2.05) is 6.07 Å². The Balaban J connectivity index is 1.62. The Hall–Kier alpha value is -2.44. The number of pyridine rings is 1. The predicted octanol–water partition coefficient (Wildman–Crippen LogP) is 3.64. The third-order valence-electron chi connectivity index (χ3n) is 5.31. The van der Waals surface area contributed by atoms with E-state index < -0.39 is 0 Å². The number of fused-ring (bicyclic) bond motifs is 1. The number of ether oxygens (including phenoxy) is 1. The number of hydrogen-bond donors (Lipinski definition) is 3. The highest BCUT2D eigenvalue weighted by molar-refractivity contribution is 6.33. The number of rotatable bonds is 7. The molecule has 0 unspecified atom stereocenters. The summed E-state index contributed by atoms with van der Waals surface area (Å²) >= 11 is 6.29. The first kappa shape index (κ1) is 18.9. The van der Waals surface area contributed by atoms with Crippen molar-refractivity contribution in [1.29, 1.82) is 0 Å². The second kappa shape index (κ2) is 7.89. The summed E-state index contributed by atoms with van der Waals surface area (Å²) in [6, 6.07) is 8.13. The molecule has 0 saturated heterocycles. The van der Waals surface area contributed by atoms with E-state index in [1.165, 1.54) is 12.8 Å². The fourth-order valence-corrected chi connectivity index (χ4v) is 3.68. The molecule has 4 rings (SSSR count). The zero-order valence-electron chi connectivity index (χ0n) is 16.1. The van der Waals surface area contributed by atoms with E-state index in [1.54, 1.807) is 19.4 Å². The van der Waals surface area contributed by atoms with Gasteiger partial charge in [0, 0.05) is 42.3 Å². The monoisotopic (exact) mass is 400 g/mol. The number of nitrogens with zero attached hydrogens (tertiary/aromatic N) is 2. The van der Waals surface area contributed by atoms with Gasteiger partial charge in [-0.25, -0.2) is 4.98 Å². The first-order valence-electron chi connectivity index (χ1n) is 9.48. The molecule has 148 valence electrons. The molecular formula is C21H25ClN4O2. The van der Waals surface area contributed by atoms with E-state index in [0.29, 0.717) is 16.8 Å². The van der Waals surface area contributed by atoms with Gasteiger partial charge >= 0.3 is 0 Å². The van der Waals surface area contributed by atoms with Crippen molar-refractivity contribution in [2.24, 2.45) is 5.92 Å². The summed E-state index contributed by atoms with van der Waals surface area (Å²) in [5.41, 5.74) is 4.99. The number of aliphatic hydroxyl groups is 1. The predicted molar refractivity (Wildman–Crippen MR) is 114 cm³/mol. The molecule has 0 bridgehead atoms. The maximum absolute atomic E-state index is 9.75. The van der Waals surface area contributed by atoms with Gasteiger partial charge in [0.25, 0.3) is 0 Å². The number of aromatic nitrogens is 1. The second-order valence-corrected chi connectivity index (χ2v) is 7.74. The average Bonchev–Trinajstić information content (AvgIpc) is 3.54. The van der Waals surface area contributed by atoms with Crippen LogP contribution in [0.5, 0.6) is 5.88 Å².